The minimum Gasteiger partial charge on any atom is -0.284 e. The number of hydrogen-bond acceptors (Lipinski definition) is 4. The molecule has 0 aliphatic rings. The van der Waals surface area contributed by atoms with E-state index in [9.17, 15) is 0 Å². The monoisotopic (exact) mass is 195 g/mol. The van der Waals surface area contributed by atoms with E-state index in [4.69, 9.17) is 5.26 Å². The quantitative estimate of drug-likeness (QED) is 0.739. The maximum atomic E-state index is 8.89. The molecular formula is C9H13N3S. The highest BCUT2D eigenvalue weighted by atomic mass is 32.1. The average Bonchev–Trinajstić information content (AvgIpc) is 2.57. The van der Waals surface area contributed by atoms with Crippen LogP contribution in [0.2, 0.25) is 0 Å². The summed E-state index contributed by atoms with van der Waals surface area (Å²) in [6.45, 7) is 4.60. The van der Waals surface area contributed by atoms with E-state index in [1.54, 1.807) is 11.3 Å². The van der Waals surface area contributed by atoms with E-state index in [0.29, 0.717) is 0 Å². The summed E-state index contributed by atoms with van der Waals surface area (Å²) in [6, 6.07) is 2.26. The van der Waals surface area contributed by atoms with Crippen molar-refractivity contribution < 1.29 is 0 Å². The highest BCUT2D eigenvalue weighted by molar-refractivity contribution is 7.09. The van der Waals surface area contributed by atoms with Gasteiger partial charge in [-0.3, -0.25) is 9.88 Å². The van der Waals surface area contributed by atoms with Gasteiger partial charge in [0.2, 0.25) is 0 Å². The van der Waals surface area contributed by atoms with E-state index in [1.807, 2.05) is 37.5 Å². The Hall–Kier alpha value is -0.920. The molecule has 0 amide bonds. The van der Waals surface area contributed by atoms with Crippen molar-refractivity contribution in [3.63, 3.8) is 0 Å². The molecule has 1 aromatic rings. The Bertz CT molecular complexity index is 297. The lowest BCUT2D eigenvalue weighted by Gasteiger charge is -2.28. The molecule has 4 heteroatoms. The first kappa shape index (κ1) is 10.2. The lowest BCUT2D eigenvalue weighted by molar-refractivity contribution is 0.204. The number of hydrogen-bond donors (Lipinski definition) is 0. The van der Waals surface area contributed by atoms with Crippen LogP contribution in [-0.2, 0) is 6.54 Å². The van der Waals surface area contributed by atoms with Crippen LogP contribution in [0.25, 0.3) is 0 Å². The van der Waals surface area contributed by atoms with Crippen LogP contribution in [0.1, 0.15) is 18.7 Å². The van der Waals surface area contributed by atoms with Crippen molar-refractivity contribution in [3.05, 3.63) is 16.6 Å². The zero-order chi connectivity index (χ0) is 9.90. The summed E-state index contributed by atoms with van der Waals surface area (Å²) in [7, 11) is 1.95. The van der Waals surface area contributed by atoms with Gasteiger partial charge < -0.3 is 0 Å². The van der Waals surface area contributed by atoms with Gasteiger partial charge in [0.25, 0.3) is 0 Å². The first-order valence-corrected chi connectivity index (χ1v) is 4.94. The number of nitriles is 1. The zero-order valence-corrected chi connectivity index (χ0v) is 8.93. The number of nitrogens with zero attached hydrogens (tertiary/aromatic N) is 3. The standard InChI is InChI=1S/C9H13N3S/c1-9(2,6-10)12(3)5-8-4-11-7-13-8/h4,7H,5H2,1-3H3. The first-order chi connectivity index (χ1) is 6.06. The van der Waals surface area contributed by atoms with E-state index in [-0.39, 0.29) is 0 Å². The molecule has 0 fully saturated rings. The molecule has 0 bridgehead atoms. The third-order valence-corrected chi connectivity index (χ3v) is 2.87. The van der Waals surface area contributed by atoms with Crippen molar-refractivity contribution in [2.45, 2.75) is 25.9 Å². The molecule has 0 N–H and O–H groups in total. The minimum atomic E-state index is -0.413. The smallest absolute Gasteiger partial charge is 0.103 e. The molecule has 1 rings (SSSR count). The topological polar surface area (TPSA) is 39.9 Å². The van der Waals surface area contributed by atoms with Crippen LogP contribution in [0.3, 0.4) is 0 Å². The van der Waals surface area contributed by atoms with Crippen LogP contribution in [0, 0.1) is 11.3 Å². The Kier molecular flexibility index (Phi) is 3.02. The third kappa shape index (κ3) is 2.51. The molecule has 1 heterocycles. The van der Waals surface area contributed by atoms with Gasteiger partial charge in [0, 0.05) is 17.6 Å². The molecule has 0 radical (unpaired) electrons. The van der Waals surface area contributed by atoms with E-state index in [1.165, 1.54) is 4.88 Å². The van der Waals surface area contributed by atoms with Crippen LogP contribution >= 0.6 is 11.3 Å². The summed E-state index contributed by atoms with van der Waals surface area (Å²) in [5.41, 5.74) is 1.40. The molecule has 0 saturated heterocycles. The van der Waals surface area contributed by atoms with Crippen molar-refractivity contribution in [1.82, 2.24) is 9.88 Å². The SMILES string of the molecule is CN(Cc1cncs1)C(C)(C)C#N. The van der Waals surface area contributed by atoms with Gasteiger partial charge in [-0.15, -0.1) is 11.3 Å². The molecule has 0 atom stereocenters. The molecule has 13 heavy (non-hydrogen) atoms. The van der Waals surface area contributed by atoms with Crippen LogP contribution in [0.5, 0.6) is 0 Å². The Morgan fingerprint density at radius 1 is 1.69 bits per heavy atom. The molecule has 0 aliphatic heterocycles. The maximum absolute atomic E-state index is 8.89. The second-order valence-electron chi connectivity index (χ2n) is 3.49. The average molecular weight is 195 g/mol. The van der Waals surface area contributed by atoms with Crippen molar-refractivity contribution in [1.29, 1.82) is 5.26 Å². The van der Waals surface area contributed by atoms with Gasteiger partial charge in [-0.2, -0.15) is 5.26 Å². The summed E-state index contributed by atoms with van der Waals surface area (Å²) in [4.78, 5) is 7.19. The normalized spacial score (nSPS) is 11.6. The zero-order valence-electron chi connectivity index (χ0n) is 8.11. The summed E-state index contributed by atoms with van der Waals surface area (Å²) >= 11 is 1.62. The number of thiazole rings is 1. The lowest BCUT2D eigenvalue weighted by atomic mass is 10.1. The highest BCUT2D eigenvalue weighted by Crippen LogP contribution is 2.16. The van der Waals surface area contributed by atoms with Crippen LogP contribution in [0.15, 0.2) is 11.7 Å². The molecule has 70 valence electrons. The Balaban J connectivity index is 2.62. The summed E-state index contributed by atoms with van der Waals surface area (Å²) in [5, 5.41) is 8.89. The number of rotatable bonds is 3. The summed E-state index contributed by atoms with van der Waals surface area (Å²) in [6.07, 6.45) is 1.84. The van der Waals surface area contributed by atoms with Gasteiger partial charge in [0.05, 0.1) is 11.6 Å². The Morgan fingerprint density at radius 3 is 2.85 bits per heavy atom. The fourth-order valence-corrected chi connectivity index (χ4v) is 1.48. The number of aromatic nitrogens is 1. The second kappa shape index (κ2) is 3.86. The lowest BCUT2D eigenvalue weighted by Crippen LogP contribution is -2.38. The van der Waals surface area contributed by atoms with Crippen LogP contribution < -0.4 is 0 Å². The molecular weight excluding hydrogens is 182 g/mol. The predicted molar refractivity (Wildman–Crippen MR) is 53.3 cm³/mol. The summed E-state index contributed by atoms with van der Waals surface area (Å²) < 4.78 is 0. The van der Waals surface area contributed by atoms with Gasteiger partial charge in [0.1, 0.15) is 5.54 Å². The van der Waals surface area contributed by atoms with Crippen LogP contribution in [0.4, 0.5) is 0 Å². The predicted octanol–water partition coefficient (Wildman–Crippen LogP) is 1.88. The van der Waals surface area contributed by atoms with Gasteiger partial charge in [-0.05, 0) is 20.9 Å². The largest absolute Gasteiger partial charge is 0.284 e. The minimum absolute atomic E-state index is 0.413. The van der Waals surface area contributed by atoms with E-state index >= 15 is 0 Å². The van der Waals surface area contributed by atoms with E-state index in [0.717, 1.165) is 6.54 Å². The first-order valence-electron chi connectivity index (χ1n) is 4.06. The van der Waals surface area contributed by atoms with Crippen molar-refractivity contribution in [2.24, 2.45) is 0 Å². The molecule has 1 aromatic heterocycles. The molecule has 0 spiro atoms. The van der Waals surface area contributed by atoms with Crippen molar-refractivity contribution in [2.75, 3.05) is 7.05 Å². The van der Waals surface area contributed by atoms with Crippen molar-refractivity contribution in [3.8, 4) is 6.07 Å². The van der Waals surface area contributed by atoms with Crippen molar-refractivity contribution >= 4 is 11.3 Å². The van der Waals surface area contributed by atoms with Gasteiger partial charge in [-0.1, -0.05) is 0 Å². The van der Waals surface area contributed by atoms with Crippen LogP contribution in [-0.4, -0.2) is 22.5 Å². The Labute approximate surface area is 82.6 Å². The fourth-order valence-electron chi connectivity index (χ4n) is 0.837. The molecule has 0 saturated carbocycles. The molecule has 0 aliphatic carbocycles. The fraction of sp³-hybridized carbons (Fsp3) is 0.556. The molecule has 0 aromatic carbocycles. The summed E-state index contributed by atoms with van der Waals surface area (Å²) in [5.74, 6) is 0. The van der Waals surface area contributed by atoms with E-state index < -0.39 is 5.54 Å². The highest BCUT2D eigenvalue weighted by Gasteiger charge is 2.22. The third-order valence-electron chi connectivity index (χ3n) is 2.10. The molecule has 0 unspecified atom stereocenters. The molecule has 3 nitrogen and oxygen atoms in total. The maximum Gasteiger partial charge on any atom is 0.103 e. The van der Waals surface area contributed by atoms with E-state index in [2.05, 4.69) is 11.1 Å². The second-order valence-corrected chi connectivity index (χ2v) is 4.47. The van der Waals surface area contributed by atoms with Gasteiger partial charge >= 0.3 is 0 Å². The van der Waals surface area contributed by atoms with Gasteiger partial charge in [-0.25, -0.2) is 0 Å². The van der Waals surface area contributed by atoms with Gasteiger partial charge in [0.15, 0.2) is 0 Å². The Morgan fingerprint density at radius 2 is 2.38 bits per heavy atom.